The van der Waals surface area contributed by atoms with Gasteiger partial charge in [0.25, 0.3) is 0 Å². The lowest BCUT2D eigenvalue weighted by Gasteiger charge is -2.31. The predicted molar refractivity (Wildman–Crippen MR) is 103 cm³/mol. The highest BCUT2D eigenvalue weighted by molar-refractivity contribution is 6.07. The van der Waals surface area contributed by atoms with Crippen LogP contribution in [0.4, 0.5) is 11.4 Å². The van der Waals surface area contributed by atoms with Crippen LogP contribution in [0.1, 0.15) is 33.1 Å². The Morgan fingerprint density at radius 2 is 1.12 bits per heavy atom. The van der Waals surface area contributed by atoms with Crippen LogP contribution in [-0.2, 0) is 0 Å². The van der Waals surface area contributed by atoms with Crippen molar-refractivity contribution in [3.05, 3.63) is 60.7 Å². The highest BCUT2D eigenvalue weighted by Gasteiger charge is 2.29. The minimum atomic E-state index is 0.173. The lowest BCUT2D eigenvalue weighted by Crippen LogP contribution is -2.30. The van der Waals surface area contributed by atoms with Gasteiger partial charge in [-0.2, -0.15) is 10.2 Å². The quantitative estimate of drug-likeness (QED) is 0.767. The molecule has 0 aliphatic heterocycles. The minimum absolute atomic E-state index is 0.173. The van der Waals surface area contributed by atoms with E-state index < -0.39 is 0 Å². The average Bonchev–Trinajstić information content (AvgIpc) is 2.59. The summed E-state index contributed by atoms with van der Waals surface area (Å²) >= 11 is 0. The van der Waals surface area contributed by atoms with Crippen LogP contribution >= 0.6 is 0 Å². The van der Waals surface area contributed by atoms with Crippen LogP contribution in [0.2, 0.25) is 0 Å². The molecule has 24 heavy (non-hydrogen) atoms. The Bertz CT molecular complexity index is 656. The Hall–Kier alpha value is -2.62. The fourth-order valence-electron chi connectivity index (χ4n) is 3.00. The largest absolute Gasteiger partial charge is 0.279 e. The zero-order chi connectivity index (χ0) is 16.8. The van der Waals surface area contributed by atoms with E-state index >= 15 is 0 Å². The van der Waals surface area contributed by atoms with Crippen molar-refractivity contribution < 1.29 is 0 Å². The number of benzene rings is 2. The van der Waals surface area contributed by atoms with E-state index in [-0.39, 0.29) is 5.41 Å². The molecular weight excluding hydrogens is 296 g/mol. The van der Waals surface area contributed by atoms with Gasteiger partial charge in [-0.25, -0.2) is 0 Å². The van der Waals surface area contributed by atoms with E-state index in [4.69, 9.17) is 0 Å². The van der Waals surface area contributed by atoms with Crippen LogP contribution in [0.5, 0.6) is 0 Å². The maximum absolute atomic E-state index is 4.61. The standard InChI is InChI=1S/C20H24N4/c1-20(2)14-18(23-21-16-9-5-3-6-10-16)13-19(15-20)24-22-17-11-7-4-8-12-17/h3-12,21-22H,13-15H2,1-2H3/b23-18+,24-19+. The van der Waals surface area contributed by atoms with Gasteiger partial charge in [0.1, 0.15) is 0 Å². The molecule has 3 rings (SSSR count). The summed E-state index contributed by atoms with van der Waals surface area (Å²) in [6.07, 6.45) is 2.78. The molecular formula is C20H24N4. The molecule has 2 N–H and O–H groups in total. The molecule has 4 nitrogen and oxygen atoms in total. The zero-order valence-corrected chi connectivity index (χ0v) is 14.3. The first kappa shape index (κ1) is 16.2. The Morgan fingerprint density at radius 3 is 1.54 bits per heavy atom. The van der Waals surface area contributed by atoms with Crippen LogP contribution in [0.3, 0.4) is 0 Å². The molecule has 0 aromatic heterocycles. The summed E-state index contributed by atoms with van der Waals surface area (Å²) in [5.41, 5.74) is 10.8. The Labute approximate surface area is 143 Å². The van der Waals surface area contributed by atoms with Gasteiger partial charge in [0.15, 0.2) is 0 Å². The molecule has 1 aliphatic rings. The van der Waals surface area contributed by atoms with Crippen LogP contribution in [0.15, 0.2) is 70.9 Å². The van der Waals surface area contributed by atoms with Crippen LogP contribution in [-0.4, -0.2) is 11.4 Å². The Balaban J connectivity index is 1.70. The Morgan fingerprint density at radius 1 is 0.708 bits per heavy atom. The summed E-state index contributed by atoms with van der Waals surface area (Å²) < 4.78 is 0. The fraction of sp³-hybridized carbons (Fsp3) is 0.300. The number of hydrogen-bond acceptors (Lipinski definition) is 4. The van der Waals surface area contributed by atoms with E-state index in [2.05, 4.69) is 34.9 Å². The third kappa shape index (κ3) is 4.69. The first-order valence-electron chi connectivity index (χ1n) is 8.34. The van der Waals surface area contributed by atoms with E-state index in [1.165, 1.54) is 0 Å². The van der Waals surface area contributed by atoms with Crippen LogP contribution < -0.4 is 10.9 Å². The summed E-state index contributed by atoms with van der Waals surface area (Å²) in [7, 11) is 0. The molecule has 0 radical (unpaired) electrons. The number of nitrogens with one attached hydrogen (secondary N) is 2. The van der Waals surface area contributed by atoms with Gasteiger partial charge >= 0.3 is 0 Å². The number of hydrazone groups is 2. The van der Waals surface area contributed by atoms with Gasteiger partial charge in [0, 0.05) is 17.8 Å². The van der Waals surface area contributed by atoms with Gasteiger partial charge in [0.05, 0.1) is 11.4 Å². The third-order valence-electron chi connectivity index (χ3n) is 4.01. The number of anilines is 2. The fourth-order valence-corrected chi connectivity index (χ4v) is 3.00. The van der Waals surface area contributed by atoms with Crippen molar-refractivity contribution in [1.29, 1.82) is 0 Å². The van der Waals surface area contributed by atoms with E-state index in [1.807, 2.05) is 60.7 Å². The highest BCUT2D eigenvalue weighted by atomic mass is 15.3. The molecule has 1 aliphatic carbocycles. The SMILES string of the molecule is CC1(C)C/C(=N/Nc2ccccc2)C/C(=N\Nc2ccccc2)C1. The second-order valence-electron chi connectivity index (χ2n) is 7.01. The third-order valence-corrected chi connectivity index (χ3v) is 4.01. The van der Waals surface area contributed by atoms with Crippen LogP contribution in [0.25, 0.3) is 0 Å². The highest BCUT2D eigenvalue weighted by Crippen LogP contribution is 2.32. The van der Waals surface area contributed by atoms with E-state index in [1.54, 1.807) is 0 Å². The normalized spacial score (nSPS) is 20.1. The van der Waals surface area contributed by atoms with E-state index in [9.17, 15) is 0 Å². The number of para-hydroxylation sites is 2. The van der Waals surface area contributed by atoms with Crippen molar-refractivity contribution in [3.8, 4) is 0 Å². The number of hydrogen-bond donors (Lipinski definition) is 2. The van der Waals surface area contributed by atoms with Crippen molar-refractivity contribution in [3.63, 3.8) is 0 Å². The topological polar surface area (TPSA) is 48.8 Å². The molecule has 0 saturated heterocycles. The second-order valence-corrected chi connectivity index (χ2v) is 7.01. The first-order chi connectivity index (χ1) is 11.6. The first-order valence-corrected chi connectivity index (χ1v) is 8.34. The summed E-state index contributed by atoms with van der Waals surface area (Å²) in [6.45, 7) is 4.53. The van der Waals surface area contributed by atoms with Crippen LogP contribution in [0, 0.1) is 5.41 Å². The molecule has 0 unspecified atom stereocenters. The summed E-state index contributed by atoms with van der Waals surface area (Å²) in [4.78, 5) is 0. The Kier molecular flexibility index (Phi) is 4.94. The molecule has 1 fully saturated rings. The lowest BCUT2D eigenvalue weighted by atomic mass is 9.75. The number of nitrogens with zero attached hydrogens (tertiary/aromatic N) is 2. The summed E-state index contributed by atoms with van der Waals surface area (Å²) in [5, 5.41) is 9.22. The summed E-state index contributed by atoms with van der Waals surface area (Å²) in [6, 6.07) is 20.1. The molecule has 0 spiro atoms. The zero-order valence-electron chi connectivity index (χ0n) is 14.3. The molecule has 0 bridgehead atoms. The lowest BCUT2D eigenvalue weighted by molar-refractivity contribution is 0.389. The molecule has 0 atom stereocenters. The average molecular weight is 320 g/mol. The molecule has 4 heteroatoms. The van der Waals surface area contributed by atoms with E-state index in [0.29, 0.717) is 0 Å². The maximum Gasteiger partial charge on any atom is 0.0561 e. The summed E-state index contributed by atoms with van der Waals surface area (Å²) in [5.74, 6) is 0. The van der Waals surface area contributed by atoms with Crippen molar-refractivity contribution >= 4 is 22.8 Å². The smallest absolute Gasteiger partial charge is 0.0561 e. The molecule has 0 amide bonds. The van der Waals surface area contributed by atoms with Gasteiger partial charge in [-0.3, -0.25) is 10.9 Å². The van der Waals surface area contributed by atoms with E-state index in [0.717, 1.165) is 42.1 Å². The van der Waals surface area contributed by atoms with Gasteiger partial charge in [-0.1, -0.05) is 50.2 Å². The molecule has 1 saturated carbocycles. The second kappa shape index (κ2) is 7.30. The van der Waals surface area contributed by atoms with Crippen molar-refractivity contribution in [2.75, 3.05) is 10.9 Å². The van der Waals surface area contributed by atoms with Gasteiger partial charge in [-0.15, -0.1) is 0 Å². The van der Waals surface area contributed by atoms with Gasteiger partial charge < -0.3 is 0 Å². The minimum Gasteiger partial charge on any atom is -0.279 e. The van der Waals surface area contributed by atoms with Crippen molar-refractivity contribution in [2.24, 2.45) is 15.6 Å². The molecule has 2 aromatic rings. The number of rotatable bonds is 4. The molecule has 2 aromatic carbocycles. The van der Waals surface area contributed by atoms with Gasteiger partial charge in [0.2, 0.25) is 0 Å². The predicted octanol–water partition coefficient (Wildman–Crippen LogP) is 5.13. The molecule has 124 valence electrons. The van der Waals surface area contributed by atoms with Crippen molar-refractivity contribution in [2.45, 2.75) is 33.1 Å². The van der Waals surface area contributed by atoms with Gasteiger partial charge in [-0.05, 0) is 42.5 Å². The molecule has 0 heterocycles. The monoisotopic (exact) mass is 320 g/mol. The maximum atomic E-state index is 4.61. The van der Waals surface area contributed by atoms with Crippen molar-refractivity contribution in [1.82, 2.24) is 0 Å².